The number of nitrogens with zero attached hydrogens (tertiary/aromatic N) is 1. The number of halogens is 1. The second kappa shape index (κ2) is 3.22. The quantitative estimate of drug-likeness (QED) is 0.676. The molecule has 0 atom stereocenters. The summed E-state index contributed by atoms with van der Waals surface area (Å²) in [4.78, 5) is 9.99. The van der Waals surface area contributed by atoms with Gasteiger partial charge in [-0.15, -0.1) is 11.3 Å². The molecule has 0 spiro atoms. The number of hydrogen-bond donors (Lipinski definition) is 0. The summed E-state index contributed by atoms with van der Waals surface area (Å²) in [6, 6.07) is 5.20. The van der Waals surface area contributed by atoms with E-state index >= 15 is 0 Å². The van der Waals surface area contributed by atoms with Crippen molar-refractivity contribution in [1.29, 1.82) is 0 Å². The maximum Gasteiger partial charge on any atom is 0.141 e. The highest BCUT2D eigenvalue weighted by Crippen LogP contribution is 2.25. The second-order valence-electron chi connectivity index (χ2n) is 2.70. The summed E-state index contributed by atoms with van der Waals surface area (Å²) in [6.45, 7) is 0.148. The Bertz CT molecular complexity index is 452. The molecule has 2 nitrogen and oxygen atoms in total. The molecule has 1 aromatic carbocycles. The van der Waals surface area contributed by atoms with Crippen molar-refractivity contribution in [2.75, 3.05) is 0 Å². The molecule has 0 aliphatic heterocycles. The molecule has 4 heteroatoms. The average Bonchev–Trinajstić information content (AvgIpc) is 2.48. The Balaban J connectivity index is 2.56. The fraction of sp³-hybridized carbons (Fsp3) is 0.111. The second-order valence-corrected chi connectivity index (χ2v) is 3.61. The van der Waals surface area contributed by atoms with Crippen molar-refractivity contribution in [2.45, 2.75) is 6.54 Å². The third-order valence-corrected chi connectivity index (χ3v) is 2.76. The van der Waals surface area contributed by atoms with Crippen LogP contribution in [0.4, 0.5) is 4.39 Å². The van der Waals surface area contributed by atoms with Crippen molar-refractivity contribution in [3.63, 3.8) is 0 Å². The molecule has 0 amide bonds. The number of hydrogen-bond acceptors (Lipinski definition) is 3. The topological polar surface area (TPSA) is 29.4 Å². The third-order valence-electron chi connectivity index (χ3n) is 1.84. The number of benzene rings is 1. The van der Waals surface area contributed by atoms with Crippen LogP contribution < -0.4 is 0 Å². The number of fused-ring (bicyclic) bond motifs is 1. The highest BCUT2D eigenvalue weighted by Gasteiger charge is 2.03. The first-order valence-electron chi connectivity index (χ1n) is 3.76. The summed E-state index contributed by atoms with van der Waals surface area (Å²) in [5.74, 6) is -0.203. The van der Waals surface area contributed by atoms with Crippen molar-refractivity contribution in [3.05, 3.63) is 39.9 Å². The van der Waals surface area contributed by atoms with Crippen LogP contribution in [0.2, 0.25) is 0 Å². The summed E-state index contributed by atoms with van der Waals surface area (Å²) in [5, 5.41) is 4.85. The van der Waals surface area contributed by atoms with Gasteiger partial charge in [0.2, 0.25) is 0 Å². The van der Waals surface area contributed by atoms with Gasteiger partial charge in [-0.3, -0.25) is 0 Å². The van der Waals surface area contributed by atoms with Crippen LogP contribution in [0.15, 0.2) is 28.8 Å². The Morgan fingerprint density at radius 1 is 1.46 bits per heavy atom. The first kappa shape index (κ1) is 8.31. The van der Waals surface area contributed by atoms with Crippen LogP contribution in [0.1, 0.15) is 5.56 Å². The molecule has 0 bridgehead atoms. The van der Waals surface area contributed by atoms with Crippen molar-refractivity contribution in [1.82, 2.24) is 0 Å². The van der Waals surface area contributed by atoms with Gasteiger partial charge in [0.25, 0.3) is 0 Å². The van der Waals surface area contributed by atoms with Crippen LogP contribution in [0.25, 0.3) is 10.1 Å². The minimum absolute atomic E-state index is 0.148. The lowest BCUT2D eigenvalue weighted by Gasteiger charge is -1.93. The minimum atomic E-state index is -0.203. The molecule has 0 aliphatic carbocycles. The predicted octanol–water partition coefficient (Wildman–Crippen LogP) is 3.31. The smallest absolute Gasteiger partial charge is 0.141 e. The lowest BCUT2D eigenvalue weighted by Crippen LogP contribution is -1.78. The van der Waals surface area contributed by atoms with Gasteiger partial charge in [-0.25, -0.2) is 4.39 Å². The van der Waals surface area contributed by atoms with E-state index in [1.165, 1.54) is 16.7 Å². The van der Waals surface area contributed by atoms with E-state index in [2.05, 4.69) is 5.18 Å². The lowest BCUT2D eigenvalue weighted by molar-refractivity contribution is 0.644. The van der Waals surface area contributed by atoms with Gasteiger partial charge >= 0.3 is 0 Å². The van der Waals surface area contributed by atoms with Gasteiger partial charge < -0.3 is 0 Å². The number of thiophene rings is 1. The summed E-state index contributed by atoms with van der Waals surface area (Å²) in [5.41, 5.74) is 0.823. The zero-order chi connectivity index (χ0) is 9.26. The zero-order valence-corrected chi connectivity index (χ0v) is 7.47. The van der Waals surface area contributed by atoms with E-state index < -0.39 is 0 Å². The van der Waals surface area contributed by atoms with E-state index in [9.17, 15) is 9.30 Å². The number of nitroso groups, excluding NO2 is 1. The molecule has 2 aromatic rings. The molecule has 1 heterocycles. The number of rotatable bonds is 2. The highest BCUT2D eigenvalue weighted by atomic mass is 32.1. The Morgan fingerprint density at radius 2 is 2.31 bits per heavy atom. The van der Waals surface area contributed by atoms with E-state index in [4.69, 9.17) is 0 Å². The SMILES string of the molecule is O=NCc1ccc2c(F)csc2c1. The Kier molecular flexibility index (Phi) is 2.06. The third kappa shape index (κ3) is 1.45. The zero-order valence-electron chi connectivity index (χ0n) is 6.66. The van der Waals surface area contributed by atoms with Gasteiger partial charge in [0, 0.05) is 15.5 Å². The van der Waals surface area contributed by atoms with Crippen molar-refractivity contribution in [2.24, 2.45) is 5.18 Å². The van der Waals surface area contributed by atoms with E-state index in [1.54, 1.807) is 18.2 Å². The van der Waals surface area contributed by atoms with Crippen molar-refractivity contribution < 1.29 is 4.39 Å². The normalized spacial score (nSPS) is 10.5. The molecular formula is C9H6FNOS. The molecule has 0 saturated carbocycles. The Hall–Kier alpha value is -1.29. The monoisotopic (exact) mass is 195 g/mol. The summed E-state index contributed by atoms with van der Waals surface area (Å²) >= 11 is 1.34. The molecule has 0 N–H and O–H groups in total. The summed E-state index contributed by atoms with van der Waals surface area (Å²) in [6.07, 6.45) is 0. The van der Waals surface area contributed by atoms with Crippen LogP contribution in [0.5, 0.6) is 0 Å². The molecule has 0 radical (unpaired) electrons. The van der Waals surface area contributed by atoms with Gasteiger partial charge in [0.05, 0.1) is 0 Å². The molecule has 0 unspecified atom stereocenters. The first-order chi connectivity index (χ1) is 6.31. The van der Waals surface area contributed by atoms with E-state index in [1.807, 2.05) is 0 Å². The van der Waals surface area contributed by atoms with Gasteiger partial charge in [-0.1, -0.05) is 17.3 Å². The van der Waals surface area contributed by atoms with Crippen LogP contribution in [0.3, 0.4) is 0 Å². The molecule has 0 aliphatic rings. The molecule has 13 heavy (non-hydrogen) atoms. The fourth-order valence-electron chi connectivity index (χ4n) is 1.21. The van der Waals surface area contributed by atoms with Gasteiger partial charge in [-0.2, -0.15) is 4.91 Å². The van der Waals surface area contributed by atoms with E-state index in [0.29, 0.717) is 5.39 Å². The molecule has 0 saturated heterocycles. The highest BCUT2D eigenvalue weighted by molar-refractivity contribution is 7.17. The Labute approximate surface area is 78.0 Å². The molecule has 0 fully saturated rings. The maximum atomic E-state index is 13.0. The fourth-order valence-corrected chi connectivity index (χ4v) is 2.08. The molecule has 2 rings (SSSR count). The molecular weight excluding hydrogens is 189 g/mol. The molecule has 1 aromatic heterocycles. The van der Waals surface area contributed by atoms with Gasteiger partial charge in [-0.05, 0) is 11.6 Å². The first-order valence-corrected chi connectivity index (χ1v) is 4.64. The van der Waals surface area contributed by atoms with Crippen LogP contribution in [0, 0.1) is 10.7 Å². The summed E-state index contributed by atoms with van der Waals surface area (Å²) in [7, 11) is 0. The molecule has 66 valence electrons. The standard InChI is InChI=1S/C9H6FNOS/c10-8-5-13-9-3-6(4-11-12)1-2-7(8)9/h1-3,5H,4H2. The maximum absolute atomic E-state index is 13.0. The predicted molar refractivity (Wildman–Crippen MR) is 51.3 cm³/mol. The summed E-state index contributed by atoms with van der Waals surface area (Å²) < 4.78 is 13.8. The van der Waals surface area contributed by atoms with Crippen molar-refractivity contribution >= 4 is 21.4 Å². The lowest BCUT2D eigenvalue weighted by atomic mass is 10.2. The van der Waals surface area contributed by atoms with Crippen LogP contribution >= 0.6 is 11.3 Å². The minimum Gasteiger partial charge on any atom is -0.205 e. The van der Waals surface area contributed by atoms with Gasteiger partial charge in [0.15, 0.2) is 0 Å². The average molecular weight is 195 g/mol. The van der Waals surface area contributed by atoms with E-state index in [0.717, 1.165) is 10.3 Å². The van der Waals surface area contributed by atoms with Crippen molar-refractivity contribution in [3.8, 4) is 0 Å². The Morgan fingerprint density at radius 3 is 3.08 bits per heavy atom. The van der Waals surface area contributed by atoms with E-state index in [-0.39, 0.29) is 12.4 Å². The van der Waals surface area contributed by atoms with Gasteiger partial charge in [0.1, 0.15) is 12.4 Å². The largest absolute Gasteiger partial charge is 0.205 e. The van der Waals surface area contributed by atoms with Crippen LogP contribution in [-0.4, -0.2) is 0 Å². The van der Waals surface area contributed by atoms with Crippen LogP contribution in [-0.2, 0) is 6.54 Å².